The number of hydrogen-bond acceptors (Lipinski definition) is 3. The van der Waals surface area contributed by atoms with Gasteiger partial charge < -0.3 is 10.1 Å². The van der Waals surface area contributed by atoms with E-state index >= 15 is 0 Å². The van der Waals surface area contributed by atoms with Gasteiger partial charge in [-0.1, -0.05) is 18.2 Å². The lowest BCUT2D eigenvalue weighted by Gasteiger charge is -2.09. The van der Waals surface area contributed by atoms with E-state index in [1.54, 1.807) is 30.3 Å². The number of hydrogen-bond donors (Lipinski definition) is 1. The third-order valence-electron chi connectivity index (χ3n) is 3.44. The minimum absolute atomic E-state index is 0.113. The number of carbonyl (C=O) groups excluding carboxylic acids is 2. The molecular weight excluding hydrogens is 297 g/mol. The molecule has 23 heavy (non-hydrogen) atoms. The van der Waals surface area contributed by atoms with Crippen LogP contribution in [-0.2, 0) is 11.2 Å². The van der Waals surface area contributed by atoms with Crippen LogP contribution in [0.5, 0.6) is 5.75 Å². The normalized spacial score (nSPS) is 10.2. The summed E-state index contributed by atoms with van der Waals surface area (Å²) in [5.74, 6) is -0.617. The Bertz CT molecular complexity index is 728. The summed E-state index contributed by atoms with van der Waals surface area (Å²) in [6, 6.07) is 11.5. The molecule has 0 saturated carbocycles. The molecule has 0 unspecified atom stereocenters. The number of aryl methyl sites for hydroxylation is 1. The number of rotatable bonds is 6. The van der Waals surface area contributed by atoms with Crippen LogP contribution in [0.4, 0.5) is 10.1 Å². The van der Waals surface area contributed by atoms with E-state index in [9.17, 15) is 14.0 Å². The van der Waals surface area contributed by atoms with Gasteiger partial charge in [0.2, 0.25) is 5.91 Å². The molecule has 5 heteroatoms. The Morgan fingerprint density at radius 3 is 2.57 bits per heavy atom. The highest BCUT2D eigenvalue weighted by Gasteiger charge is 2.10. The molecule has 0 atom stereocenters. The van der Waals surface area contributed by atoms with Crippen LogP contribution in [0.25, 0.3) is 0 Å². The van der Waals surface area contributed by atoms with Gasteiger partial charge in [-0.3, -0.25) is 9.59 Å². The maximum Gasteiger partial charge on any atom is 0.224 e. The average Bonchev–Trinajstić information content (AvgIpc) is 2.53. The first-order valence-electron chi connectivity index (χ1n) is 7.23. The molecular formula is C18H18FNO3. The molecule has 0 aliphatic heterocycles. The average molecular weight is 315 g/mol. The van der Waals surface area contributed by atoms with E-state index in [0.717, 1.165) is 0 Å². The maximum atomic E-state index is 13.6. The Morgan fingerprint density at radius 1 is 1.17 bits per heavy atom. The van der Waals surface area contributed by atoms with Crippen molar-refractivity contribution in [2.24, 2.45) is 0 Å². The number of ketones is 1. The van der Waals surface area contributed by atoms with Crippen molar-refractivity contribution in [3.63, 3.8) is 0 Å². The Morgan fingerprint density at radius 2 is 1.91 bits per heavy atom. The second-order valence-corrected chi connectivity index (χ2v) is 5.12. The van der Waals surface area contributed by atoms with Gasteiger partial charge in [0.25, 0.3) is 0 Å². The molecule has 0 aromatic heterocycles. The number of halogens is 1. The van der Waals surface area contributed by atoms with Gasteiger partial charge in [-0.05, 0) is 43.2 Å². The number of anilines is 1. The van der Waals surface area contributed by atoms with E-state index in [2.05, 4.69) is 5.32 Å². The van der Waals surface area contributed by atoms with E-state index in [4.69, 9.17) is 4.74 Å². The predicted octanol–water partition coefficient (Wildman–Crippen LogP) is 3.61. The minimum Gasteiger partial charge on any atom is -0.494 e. The summed E-state index contributed by atoms with van der Waals surface area (Å²) < 4.78 is 18.5. The van der Waals surface area contributed by atoms with Gasteiger partial charge in [-0.25, -0.2) is 4.39 Å². The zero-order valence-corrected chi connectivity index (χ0v) is 13.1. The summed E-state index contributed by atoms with van der Waals surface area (Å²) in [6.45, 7) is 1.45. The van der Waals surface area contributed by atoms with Crippen LogP contribution in [-0.4, -0.2) is 18.8 Å². The van der Waals surface area contributed by atoms with Gasteiger partial charge in [0.1, 0.15) is 0 Å². The fourth-order valence-electron chi connectivity index (χ4n) is 2.24. The highest BCUT2D eigenvalue weighted by molar-refractivity contribution is 6.03. The first-order chi connectivity index (χ1) is 11.0. The molecule has 0 aliphatic rings. The van der Waals surface area contributed by atoms with Gasteiger partial charge in [0, 0.05) is 12.0 Å². The molecule has 0 heterocycles. The van der Waals surface area contributed by atoms with Crippen molar-refractivity contribution in [3.8, 4) is 5.75 Å². The predicted molar refractivity (Wildman–Crippen MR) is 86.3 cm³/mol. The second kappa shape index (κ2) is 7.54. The third kappa shape index (κ3) is 4.39. The van der Waals surface area contributed by atoms with Crippen LogP contribution in [0, 0.1) is 5.82 Å². The molecule has 0 spiro atoms. The molecule has 0 aliphatic carbocycles. The van der Waals surface area contributed by atoms with Crippen molar-refractivity contribution in [1.82, 2.24) is 0 Å². The number of methoxy groups -OCH3 is 1. The number of ether oxygens (including phenoxy) is 1. The zero-order valence-electron chi connectivity index (χ0n) is 13.1. The number of para-hydroxylation sites is 1. The smallest absolute Gasteiger partial charge is 0.224 e. The highest BCUT2D eigenvalue weighted by Crippen LogP contribution is 2.19. The molecule has 0 saturated heterocycles. The quantitative estimate of drug-likeness (QED) is 0.829. The molecule has 1 N–H and O–H groups in total. The van der Waals surface area contributed by atoms with Crippen LogP contribution < -0.4 is 10.1 Å². The second-order valence-electron chi connectivity index (χ2n) is 5.12. The maximum absolute atomic E-state index is 13.6. The lowest BCUT2D eigenvalue weighted by atomic mass is 10.1. The van der Waals surface area contributed by atoms with Crippen molar-refractivity contribution in [1.29, 1.82) is 0 Å². The van der Waals surface area contributed by atoms with Crippen LogP contribution in [0.2, 0.25) is 0 Å². The number of nitrogens with one attached hydrogen (secondary N) is 1. The summed E-state index contributed by atoms with van der Waals surface area (Å²) in [6.07, 6.45) is 0.590. The van der Waals surface area contributed by atoms with Crippen LogP contribution in [0.3, 0.4) is 0 Å². The van der Waals surface area contributed by atoms with E-state index in [1.807, 2.05) is 0 Å². The number of Topliss-reactive ketones (excluding diaryl/α,β-unsaturated/α-hetero) is 1. The molecule has 0 radical (unpaired) electrons. The molecule has 2 rings (SSSR count). The van der Waals surface area contributed by atoms with E-state index in [-0.39, 0.29) is 23.9 Å². The number of amides is 1. The Kier molecular flexibility index (Phi) is 5.46. The fraction of sp³-hybridized carbons (Fsp3) is 0.222. The molecule has 0 bridgehead atoms. The molecule has 120 valence electrons. The van der Waals surface area contributed by atoms with E-state index < -0.39 is 5.82 Å². The third-order valence-corrected chi connectivity index (χ3v) is 3.44. The van der Waals surface area contributed by atoms with Gasteiger partial charge >= 0.3 is 0 Å². The Labute approximate surface area is 134 Å². The van der Waals surface area contributed by atoms with Crippen molar-refractivity contribution in [3.05, 3.63) is 59.4 Å². The van der Waals surface area contributed by atoms with Gasteiger partial charge in [0.05, 0.1) is 12.8 Å². The first-order valence-corrected chi connectivity index (χ1v) is 7.23. The van der Waals surface area contributed by atoms with Crippen LogP contribution in [0.15, 0.2) is 42.5 Å². The first kappa shape index (κ1) is 16.7. The van der Waals surface area contributed by atoms with E-state index in [0.29, 0.717) is 23.2 Å². The van der Waals surface area contributed by atoms with Gasteiger partial charge in [-0.15, -0.1) is 0 Å². The van der Waals surface area contributed by atoms with E-state index in [1.165, 1.54) is 26.2 Å². The van der Waals surface area contributed by atoms with Crippen LogP contribution in [0.1, 0.15) is 29.3 Å². The topological polar surface area (TPSA) is 55.4 Å². The summed E-state index contributed by atoms with van der Waals surface area (Å²) in [5, 5.41) is 2.72. The van der Waals surface area contributed by atoms with Gasteiger partial charge in [-0.2, -0.15) is 0 Å². The van der Waals surface area contributed by atoms with Gasteiger partial charge in [0.15, 0.2) is 17.3 Å². The Balaban J connectivity index is 1.98. The van der Waals surface area contributed by atoms with Crippen molar-refractivity contribution in [2.45, 2.75) is 19.8 Å². The largest absolute Gasteiger partial charge is 0.494 e. The number of carbonyl (C=O) groups is 2. The lowest BCUT2D eigenvalue weighted by molar-refractivity contribution is -0.116. The molecule has 1 amide bonds. The summed E-state index contributed by atoms with van der Waals surface area (Å²) in [4.78, 5) is 23.5. The molecule has 0 fully saturated rings. The van der Waals surface area contributed by atoms with Crippen LogP contribution >= 0.6 is 0 Å². The highest BCUT2D eigenvalue weighted by atomic mass is 19.1. The summed E-state index contributed by atoms with van der Waals surface area (Å²) in [5.41, 5.74) is 1.67. The molecule has 4 nitrogen and oxygen atoms in total. The SMILES string of the molecule is COc1ccc(CCC(=O)Nc2ccccc2C(C)=O)cc1F. The summed E-state index contributed by atoms with van der Waals surface area (Å²) in [7, 11) is 1.40. The molecule has 2 aromatic rings. The number of benzene rings is 2. The monoisotopic (exact) mass is 315 g/mol. The molecule has 2 aromatic carbocycles. The summed E-state index contributed by atoms with van der Waals surface area (Å²) >= 11 is 0. The van der Waals surface area contributed by atoms with Crippen molar-refractivity contribution in [2.75, 3.05) is 12.4 Å². The minimum atomic E-state index is -0.452. The van der Waals surface area contributed by atoms with Crippen molar-refractivity contribution < 1.29 is 18.7 Å². The lowest BCUT2D eigenvalue weighted by Crippen LogP contribution is -2.14. The standard InChI is InChI=1S/C18H18FNO3/c1-12(21)14-5-3-4-6-16(14)20-18(22)10-8-13-7-9-17(23-2)15(19)11-13/h3-7,9,11H,8,10H2,1-2H3,(H,20,22). The zero-order chi connectivity index (χ0) is 16.8. The Hall–Kier alpha value is -2.69. The fourth-order valence-corrected chi connectivity index (χ4v) is 2.24. The van der Waals surface area contributed by atoms with Crippen molar-refractivity contribution >= 4 is 17.4 Å².